The van der Waals surface area contributed by atoms with E-state index in [1.165, 1.54) is 32.1 Å². The standard InChI is InChI=1S/C16H21Br2NO/c1-12-9-13(5-6-14(12)18)15(20)19-11-16(10-17)7-3-2-4-8-16/h5-6,9H,2-4,7-8,10-11H2,1H3,(H,19,20). The molecule has 0 bridgehead atoms. The molecule has 1 aromatic carbocycles. The highest BCUT2D eigenvalue weighted by Crippen LogP contribution is 2.37. The number of aryl methyl sites for hydroxylation is 1. The Kier molecular flexibility index (Phi) is 5.67. The summed E-state index contributed by atoms with van der Waals surface area (Å²) < 4.78 is 1.04. The van der Waals surface area contributed by atoms with E-state index in [4.69, 9.17) is 0 Å². The maximum Gasteiger partial charge on any atom is 0.251 e. The van der Waals surface area contributed by atoms with Crippen LogP contribution in [-0.4, -0.2) is 17.8 Å². The minimum atomic E-state index is 0.0338. The maximum absolute atomic E-state index is 12.3. The quantitative estimate of drug-likeness (QED) is 0.717. The first-order valence-electron chi connectivity index (χ1n) is 7.17. The third-order valence-corrected chi connectivity index (χ3v) is 6.32. The van der Waals surface area contributed by atoms with Crippen molar-refractivity contribution >= 4 is 37.8 Å². The zero-order valence-corrected chi connectivity index (χ0v) is 15.0. The number of alkyl halides is 1. The van der Waals surface area contributed by atoms with Crippen molar-refractivity contribution < 1.29 is 4.79 Å². The Hall–Kier alpha value is -0.350. The van der Waals surface area contributed by atoms with Crippen molar-refractivity contribution in [3.8, 4) is 0 Å². The minimum absolute atomic E-state index is 0.0338. The second kappa shape index (κ2) is 7.08. The Morgan fingerprint density at radius 2 is 2.00 bits per heavy atom. The van der Waals surface area contributed by atoms with Gasteiger partial charge in [0, 0.05) is 21.9 Å². The summed E-state index contributed by atoms with van der Waals surface area (Å²) in [6, 6.07) is 5.74. The van der Waals surface area contributed by atoms with Crippen LogP contribution in [0.1, 0.15) is 48.0 Å². The average Bonchev–Trinajstić information content (AvgIpc) is 2.48. The number of benzene rings is 1. The molecule has 0 spiro atoms. The third-order valence-electron chi connectivity index (χ3n) is 4.24. The molecule has 1 amide bonds. The minimum Gasteiger partial charge on any atom is -0.351 e. The summed E-state index contributed by atoms with van der Waals surface area (Å²) in [6.07, 6.45) is 6.29. The first kappa shape index (κ1) is 16.0. The van der Waals surface area contributed by atoms with E-state index in [2.05, 4.69) is 37.2 Å². The van der Waals surface area contributed by atoms with Crippen molar-refractivity contribution in [2.45, 2.75) is 39.0 Å². The summed E-state index contributed by atoms with van der Waals surface area (Å²) in [5.41, 5.74) is 2.08. The smallest absolute Gasteiger partial charge is 0.251 e. The van der Waals surface area contributed by atoms with Crippen LogP contribution in [0.2, 0.25) is 0 Å². The van der Waals surface area contributed by atoms with E-state index in [1.54, 1.807) is 0 Å². The average molecular weight is 403 g/mol. The molecule has 0 unspecified atom stereocenters. The van der Waals surface area contributed by atoms with Gasteiger partial charge in [0.15, 0.2) is 0 Å². The highest BCUT2D eigenvalue weighted by molar-refractivity contribution is 9.10. The number of hydrogen-bond donors (Lipinski definition) is 1. The van der Waals surface area contributed by atoms with Crippen molar-refractivity contribution in [2.24, 2.45) is 5.41 Å². The zero-order chi connectivity index (χ0) is 14.6. The Morgan fingerprint density at radius 3 is 2.60 bits per heavy atom. The van der Waals surface area contributed by atoms with Crippen LogP contribution in [0, 0.1) is 12.3 Å². The SMILES string of the molecule is Cc1cc(C(=O)NCC2(CBr)CCCCC2)ccc1Br. The Balaban J connectivity index is 1.98. The lowest BCUT2D eigenvalue weighted by molar-refractivity contribution is 0.0922. The summed E-state index contributed by atoms with van der Waals surface area (Å²) in [6.45, 7) is 2.77. The fraction of sp³-hybridized carbons (Fsp3) is 0.562. The lowest BCUT2D eigenvalue weighted by atomic mass is 9.75. The van der Waals surface area contributed by atoms with Crippen LogP contribution in [0.25, 0.3) is 0 Å². The molecule has 0 aliphatic heterocycles. The molecule has 0 aromatic heterocycles. The number of hydrogen-bond acceptors (Lipinski definition) is 1. The molecule has 0 atom stereocenters. The maximum atomic E-state index is 12.3. The van der Waals surface area contributed by atoms with Gasteiger partial charge in [0.2, 0.25) is 0 Å². The molecule has 1 fully saturated rings. The molecular formula is C16H21Br2NO. The molecule has 2 nitrogen and oxygen atoms in total. The van der Waals surface area contributed by atoms with E-state index >= 15 is 0 Å². The van der Waals surface area contributed by atoms with Crippen LogP contribution >= 0.6 is 31.9 Å². The predicted molar refractivity (Wildman–Crippen MR) is 90.5 cm³/mol. The van der Waals surface area contributed by atoms with Crippen molar-refractivity contribution in [3.63, 3.8) is 0 Å². The van der Waals surface area contributed by atoms with Crippen LogP contribution in [-0.2, 0) is 0 Å². The number of amides is 1. The van der Waals surface area contributed by atoms with Gasteiger partial charge in [-0.1, -0.05) is 51.1 Å². The number of nitrogens with one attached hydrogen (secondary N) is 1. The lowest BCUT2D eigenvalue weighted by Crippen LogP contribution is -2.40. The zero-order valence-electron chi connectivity index (χ0n) is 11.8. The summed E-state index contributed by atoms with van der Waals surface area (Å²) in [7, 11) is 0. The van der Waals surface area contributed by atoms with Crippen LogP contribution in [0.5, 0.6) is 0 Å². The molecule has 1 aromatic rings. The molecule has 1 aliphatic rings. The van der Waals surface area contributed by atoms with Crippen LogP contribution in [0.15, 0.2) is 22.7 Å². The molecule has 110 valence electrons. The monoisotopic (exact) mass is 401 g/mol. The van der Waals surface area contributed by atoms with Crippen molar-refractivity contribution in [1.82, 2.24) is 5.32 Å². The van der Waals surface area contributed by atoms with Gasteiger partial charge in [-0.2, -0.15) is 0 Å². The molecule has 0 saturated heterocycles. The highest BCUT2D eigenvalue weighted by Gasteiger charge is 2.31. The summed E-state index contributed by atoms with van der Waals surface area (Å²) >= 11 is 7.10. The van der Waals surface area contributed by atoms with E-state index in [1.807, 2.05) is 25.1 Å². The van der Waals surface area contributed by atoms with E-state index in [0.29, 0.717) is 0 Å². The van der Waals surface area contributed by atoms with Gasteiger partial charge in [-0.25, -0.2) is 0 Å². The van der Waals surface area contributed by atoms with Crippen molar-refractivity contribution in [3.05, 3.63) is 33.8 Å². The molecule has 1 aliphatic carbocycles. The Labute approximate surface area is 138 Å². The van der Waals surface area contributed by atoms with Gasteiger partial charge in [0.25, 0.3) is 5.91 Å². The van der Waals surface area contributed by atoms with E-state index in [0.717, 1.165) is 27.5 Å². The van der Waals surface area contributed by atoms with E-state index < -0.39 is 0 Å². The van der Waals surface area contributed by atoms with Crippen LogP contribution in [0.4, 0.5) is 0 Å². The van der Waals surface area contributed by atoms with Crippen LogP contribution in [0.3, 0.4) is 0 Å². The number of halogens is 2. The number of carbonyl (C=O) groups excluding carboxylic acids is 1. The number of rotatable bonds is 4. The highest BCUT2D eigenvalue weighted by atomic mass is 79.9. The molecular weight excluding hydrogens is 382 g/mol. The fourth-order valence-corrected chi connectivity index (χ4v) is 3.82. The lowest BCUT2D eigenvalue weighted by Gasteiger charge is -2.35. The Morgan fingerprint density at radius 1 is 1.30 bits per heavy atom. The second-order valence-electron chi connectivity index (χ2n) is 5.84. The first-order chi connectivity index (χ1) is 9.56. The summed E-state index contributed by atoms with van der Waals surface area (Å²) in [5, 5.41) is 4.09. The van der Waals surface area contributed by atoms with Gasteiger partial charge >= 0.3 is 0 Å². The summed E-state index contributed by atoms with van der Waals surface area (Å²) in [4.78, 5) is 12.3. The first-order valence-corrected chi connectivity index (χ1v) is 9.08. The number of carbonyl (C=O) groups is 1. The fourth-order valence-electron chi connectivity index (χ4n) is 2.82. The molecule has 0 heterocycles. The van der Waals surface area contributed by atoms with E-state index in [-0.39, 0.29) is 11.3 Å². The van der Waals surface area contributed by atoms with Gasteiger partial charge in [-0.15, -0.1) is 0 Å². The molecule has 20 heavy (non-hydrogen) atoms. The van der Waals surface area contributed by atoms with Gasteiger partial charge in [-0.05, 0) is 48.9 Å². The largest absolute Gasteiger partial charge is 0.351 e. The Bertz CT molecular complexity index is 481. The third kappa shape index (κ3) is 3.85. The van der Waals surface area contributed by atoms with E-state index in [9.17, 15) is 4.79 Å². The molecule has 1 saturated carbocycles. The van der Waals surface area contributed by atoms with Gasteiger partial charge < -0.3 is 5.32 Å². The molecule has 0 radical (unpaired) electrons. The predicted octanol–water partition coefficient (Wildman–Crippen LogP) is 4.83. The summed E-state index contributed by atoms with van der Waals surface area (Å²) in [5.74, 6) is 0.0338. The van der Waals surface area contributed by atoms with Crippen molar-refractivity contribution in [1.29, 1.82) is 0 Å². The second-order valence-corrected chi connectivity index (χ2v) is 7.26. The van der Waals surface area contributed by atoms with Crippen LogP contribution < -0.4 is 5.32 Å². The van der Waals surface area contributed by atoms with Crippen molar-refractivity contribution in [2.75, 3.05) is 11.9 Å². The van der Waals surface area contributed by atoms with Gasteiger partial charge in [0.05, 0.1) is 0 Å². The molecule has 1 N–H and O–H groups in total. The normalized spacial score (nSPS) is 17.8. The topological polar surface area (TPSA) is 29.1 Å². The van der Waals surface area contributed by atoms with Gasteiger partial charge in [-0.3, -0.25) is 4.79 Å². The van der Waals surface area contributed by atoms with Gasteiger partial charge in [0.1, 0.15) is 0 Å². The molecule has 2 rings (SSSR count). The molecule has 4 heteroatoms.